The van der Waals surface area contributed by atoms with Gasteiger partial charge in [-0.2, -0.15) is 5.26 Å². The molecule has 6 heteroatoms. The summed E-state index contributed by atoms with van der Waals surface area (Å²) in [6.45, 7) is 3.29. The van der Waals surface area contributed by atoms with Crippen LogP contribution < -0.4 is 11.3 Å². The monoisotopic (exact) mass is 262 g/mol. The van der Waals surface area contributed by atoms with Crippen LogP contribution in [0.3, 0.4) is 0 Å². The van der Waals surface area contributed by atoms with Crippen LogP contribution in [-0.2, 0) is 6.54 Å². The summed E-state index contributed by atoms with van der Waals surface area (Å²) < 4.78 is 5.39. The largest absolute Gasteiger partial charge is 0.456 e. The minimum Gasteiger partial charge on any atom is -0.456 e. The number of carbonyl (C=O) groups is 1. The van der Waals surface area contributed by atoms with E-state index in [1.54, 1.807) is 6.07 Å². The van der Waals surface area contributed by atoms with Crippen molar-refractivity contribution in [2.45, 2.75) is 38.8 Å². The van der Waals surface area contributed by atoms with Gasteiger partial charge >= 0.3 is 5.91 Å². The highest BCUT2D eigenvalue weighted by Gasteiger charge is 2.29. The van der Waals surface area contributed by atoms with Crippen LogP contribution in [0.5, 0.6) is 0 Å². The number of hydrogen-bond acceptors (Lipinski definition) is 5. The van der Waals surface area contributed by atoms with Gasteiger partial charge < -0.3 is 4.42 Å². The lowest BCUT2D eigenvalue weighted by Gasteiger charge is -2.19. The van der Waals surface area contributed by atoms with E-state index in [0.717, 1.165) is 17.9 Å². The Labute approximate surface area is 112 Å². The van der Waals surface area contributed by atoms with Crippen molar-refractivity contribution in [1.29, 1.82) is 5.26 Å². The van der Waals surface area contributed by atoms with Crippen molar-refractivity contribution in [3.8, 4) is 6.07 Å². The fraction of sp³-hybridized carbons (Fsp3) is 0.538. The molecule has 0 aliphatic heterocycles. The SMILES string of the molecule is Cc1oc(C(=O)NN)cc1CN(CCC#N)C1CC1. The molecular formula is C13H18N4O2. The second-order valence-corrected chi connectivity index (χ2v) is 4.78. The summed E-state index contributed by atoms with van der Waals surface area (Å²) in [6.07, 6.45) is 2.88. The number of hydrazine groups is 1. The van der Waals surface area contributed by atoms with Gasteiger partial charge in [0.25, 0.3) is 0 Å². The van der Waals surface area contributed by atoms with Gasteiger partial charge in [-0.15, -0.1) is 0 Å². The molecular weight excluding hydrogens is 244 g/mol. The van der Waals surface area contributed by atoms with Gasteiger partial charge in [-0.1, -0.05) is 0 Å². The lowest BCUT2D eigenvalue weighted by molar-refractivity contribution is 0.0924. The van der Waals surface area contributed by atoms with Crippen molar-refractivity contribution in [3.05, 3.63) is 23.2 Å². The molecule has 19 heavy (non-hydrogen) atoms. The number of aryl methyl sites for hydroxylation is 1. The number of hydrogen-bond donors (Lipinski definition) is 2. The number of nitrogens with zero attached hydrogens (tertiary/aromatic N) is 2. The Balaban J connectivity index is 2.06. The van der Waals surface area contributed by atoms with E-state index in [1.807, 2.05) is 6.92 Å². The average Bonchev–Trinajstić information content (AvgIpc) is 3.19. The minimum atomic E-state index is -0.427. The van der Waals surface area contributed by atoms with Gasteiger partial charge in [0.2, 0.25) is 0 Å². The van der Waals surface area contributed by atoms with Crippen molar-refractivity contribution in [2.24, 2.45) is 5.84 Å². The van der Waals surface area contributed by atoms with E-state index in [9.17, 15) is 4.79 Å². The van der Waals surface area contributed by atoms with Gasteiger partial charge in [-0.05, 0) is 25.8 Å². The average molecular weight is 262 g/mol. The zero-order valence-corrected chi connectivity index (χ0v) is 11.0. The maximum atomic E-state index is 11.4. The Morgan fingerprint density at radius 2 is 2.42 bits per heavy atom. The quantitative estimate of drug-likeness (QED) is 0.454. The van der Waals surface area contributed by atoms with Crippen molar-refractivity contribution in [2.75, 3.05) is 6.54 Å². The van der Waals surface area contributed by atoms with Crippen LogP contribution >= 0.6 is 0 Å². The van der Waals surface area contributed by atoms with E-state index in [4.69, 9.17) is 15.5 Å². The molecule has 0 saturated heterocycles. The van der Waals surface area contributed by atoms with Gasteiger partial charge in [0.1, 0.15) is 5.76 Å². The summed E-state index contributed by atoms with van der Waals surface area (Å²) in [4.78, 5) is 13.7. The molecule has 2 rings (SSSR count). The molecule has 0 aromatic carbocycles. The molecule has 1 saturated carbocycles. The molecule has 0 unspecified atom stereocenters. The molecule has 0 bridgehead atoms. The van der Waals surface area contributed by atoms with Gasteiger partial charge in [0, 0.05) is 31.1 Å². The summed E-state index contributed by atoms with van der Waals surface area (Å²) in [5, 5.41) is 8.68. The Bertz CT molecular complexity index is 499. The molecule has 3 N–H and O–H groups in total. The Morgan fingerprint density at radius 3 is 3.00 bits per heavy atom. The first-order valence-electron chi connectivity index (χ1n) is 6.37. The van der Waals surface area contributed by atoms with Crippen molar-refractivity contribution >= 4 is 5.91 Å². The molecule has 0 spiro atoms. The molecule has 1 aromatic heterocycles. The first-order chi connectivity index (χ1) is 9.15. The van der Waals surface area contributed by atoms with E-state index in [1.165, 1.54) is 12.8 Å². The van der Waals surface area contributed by atoms with E-state index in [-0.39, 0.29) is 5.76 Å². The highest BCUT2D eigenvalue weighted by molar-refractivity contribution is 5.91. The predicted molar refractivity (Wildman–Crippen MR) is 68.8 cm³/mol. The number of furan rings is 1. The van der Waals surface area contributed by atoms with Crippen LogP contribution in [0.15, 0.2) is 10.5 Å². The second kappa shape index (κ2) is 5.87. The Morgan fingerprint density at radius 1 is 1.68 bits per heavy atom. The number of carbonyl (C=O) groups excluding carboxylic acids is 1. The molecule has 1 amide bonds. The van der Waals surface area contributed by atoms with Gasteiger partial charge in [0.05, 0.1) is 6.07 Å². The number of nitrogens with two attached hydrogens (primary N) is 1. The van der Waals surface area contributed by atoms with E-state index in [0.29, 0.717) is 19.0 Å². The van der Waals surface area contributed by atoms with E-state index in [2.05, 4.69) is 16.4 Å². The van der Waals surface area contributed by atoms with Crippen molar-refractivity contribution in [1.82, 2.24) is 10.3 Å². The van der Waals surface area contributed by atoms with Crippen LogP contribution in [0, 0.1) is 18.3 Å². The zero-order valence-electron chi connectivity index (χ0n) is 11.0. The summed E-state index contributed by atoms with van der Waals surface area (Å²) in [7, 11) is 0. The number of nitrogens with one attached hydrogen (secondary N) is 1. The summed E-state index contributed by atoms with van der Waals surface area (Å²) in [5.74, 6) is 5.61. The number of nitrogen functional groups attached to an aromatic ring is 1. The maximum Gasteiger partial charge on any atom is 0.300 e. The highest BCUT2D eigenvalue weighted by atomic mass is 16.4. The van der Waals surface area contributed by atoms with Crippen LogP contribution in [-0.4, -0.2) is 23.4 Å². The fourth-order valence-corrected chi connectivity index (χ4v) is 2.10. The first-order valence-corrected chi connectivity index (χ1v) is 6.37. The standard InChI is InChI=1S/C13H18N4O2/c1-9-10(7-12(19-9)13(18)16-15)8-17(6-2-5-14)11-3-4-11/h7,11H,2-4,6,8,15H2,1H3,(H,16,18). The molecule has 1 fully saturated rings. The third-order valence-corrected chi connectivity index (χ3v) is 3.32. The van der Waals surface area contributed by atoms with Crippen molar-refractivity contribution in [3.63, 3.8) is 0 Å². The van der Waals surface area contributed by atoms with Gasteiger partial charge in [-0.3, -0.25) is 15.1 Å². The zero-order chi connectivity index (χ0) is 13.8. The number of rotatable bonds is 6. The van der Waals surface area contributed by atoms with Gasteiger partial charge in [-0.25, -0.2) is 5.84 Å². The molecule has 1 aliphatic rings. The Kier molecular flexibility index (Phi) is 4.20. The predicted octanol–water partition coefficient (Wildman–Crippen LogP) is 1.07. The first kappa shape index (κ1) is 13.6. The summed E-state index contributed by atoms with van der Waals surface area (Å²) in [5.41, 5.74) is 3.03. The minimum absolute atomic E-state index is 0.228. The third-order valence-electron chi connectivity index (χ3n) is 3.32. The Hall–Kier alpha value is -1.84. The number of nitriles is 1. The molecule has 0 radical (unpaired) electrons. The summed E-state index contributed by atoms with van der Waals surface area (Å²) in [6, 6.07) is 4.45. The highest BCUT2D eigenvalue weighted by Crippen LogP contribution is 2.29. The van der Waals surface area contributed by atoms with Crippen molar-refractivity contribution < 1.29 is 9.21 Å². The summed E-state index contributed by atoms with van der Waals surface area (Å²) >= 11 is 0. The molecule has 1 heterocycles. The number of amides is 1. The topological polar surface area (TPSA) is 95.3 Å². The molecule has 0 atom stereocenters. The maximum absolute atomic E-state index is 11.4. The van der Waals surface area contributed by atoms with Crippen LogP contribution in [0.25, 0.3) is 0 Å². The molecule has 6 nitrogen and oxygen atoms in total. The van der Waals surface area contributed by atoms with Crippen LogP contribution in [0.2, 0.25) is 0 Å². The van der Waals surface area contributed by atoms with Crippen LogP contribution in [0.4, 0.5) is 0 Å². The molecule has 102 valence electrons. The fourth-order valence-electron chi connectivity index (χ4n) is 2.10. The van der Waals surface area contributed by atoms with E-state index < -0.39 is 5.91 Å². The van der Waals surface area contributed by atoms with E-state index >= 15 is 0 Å². The third kappa shape index (κ3) is 3.34. The molecule has 1 aliphatic carbocycles. The van der Waals surface area contributed by atoms with Gasteiger partial charge in [0.15, 0.2) is 5.76 Å². The molecule has 1 aromatic rings. The lowest BCUT2D eigenvalue weighted by atomic mass is 10.2. The second-order valence-electron chi connectivity index (χ2n) is 4.78. The lowest BCUT2D eigenvalue weighted by Crippen LogP contribution is -2.29. The smallest absolute Gasteiger partial charge is 0.300 e. The van der Waals surface area contributed by atoms with Crippen LogP contribution in [0.1, 0.15) is 41.1 Å². The normalized spacial score (nSPS) is 14.4.